The molecule has 1 aromatic rings. The van der Waals surface area contributed by atoms with Crippen molar-refractivity contribution in [2.75, 3.05) is 6.61 Å². The van der Waals surface area contributed by atoms with Crippen molar-refractivity contribution in [3.63, 3.8) is 0 Å². The lowest BCUT2D eigenvalue weighted by molar-refractivity contribution is -0.150. The minimum atomic E-state index is -4.91. The quantitative estimate of drug-likeness (QED) is 0.687. The molecule has 0 aromatic heterocycles. The predicted octanol–water partition coefficient (Wildman–Crippen LogP) is 2.75. The number of hydrogen-bond acceptors (Lipinski definition) is 3. The number of nitrogens with two attached hydrogens (primary N) is 1. The average Bonchev–Trinajstić information content (AvgIpc) is 2.36. The third-order valence-electron chi connectivity index (χ3n) is 2.51. The van der Waals surface area contributed by atoms with Gasteiger partial charge in [-0.25, -0.2) is 13.6 Å². The largest absolute Gasteiger partial charge is 0.464 e. The van der Waals surface area contributed by atoms with Crippen molar-refractivity contribution in [1.82, 2.24) is 0 Å². The number of rotatable bonds is 4. The van der Waals surface area contributed by atoms with Crippen molar-refractivity contribution >= 4 is 5.97 Å². The fourth-order valence-corrected chi connectivity index (χ4v) is 1.59. The number of carbonyl (C=O) groups is 1. The maximum atomic E-state index is 13.7. The van der Waals surface area contributed by atoms with Gasteiger partial charge in [-0.1, -0.05) is 6.07 Å². The van der Waals surface area contributed by atoms with Crippen LogP contribution in [0.2, 0.25) is 0 Å². The summed E-state index contributed by atoms with van der Waals surface area (Å²) in [5.74, 6) is -2.50. The molecule has 1 aromatic carbocycles. The van der Waals surface area contributed by atoms with Gasteiger partial charge in [0.2, 0.25) is 6.17 Å². The van der Waals surface area contributed by atoms with Gasteiger partial charge in [0.05, 0.1) is 18.2 Å². The number of ether oxygens (including phenoxy) is 1. The van der Waals surface area contributed by atoms with E-state index in [1.165, 1.54) is 6.92 Å². The van der Waals surface area contributed by atoms with Gasteiger partial charge in [-0.15, -0.1) is 0 Å². The van der Waals surface area contributed by atoms with E-state index in [-0.39, 0.29) is 12.7 Å². The predicted molar refractivity (Wildman–Crippen MR) is 59.9 cm³/mol. The van der Waals surface area contributed by atoms with Gasteiger partial charge in [-0.3, -0.25) is 0 Å². The minimum absolute atomic E-state index is 0.137. The molecule has 0 fully saturated rings. The van der Waals surface area contributed by atoms with E-state index in [1.807, 2.05) is 0 Å². The van der Waals surface area contributed by atoms with Crippen molar-refractivity contribution < 1.29 is 31.5 Å². The van der Waals surface area contributed by atoms with E-state index >= 15 is 0 Å². The van der Waals surface area contributed by atoms with E-state index < -0.39 is 41.3 Å². The van der Waals surface area contributed by atoms with Crippen LogP contribution in [0.5, 0.6) is 0 Å². The third-order valence-corrected chi connectivity index (χ3v) is 2.51. The Balaban J connectivity index is 3.16. The van der Waals surface area contributed by atoms with Gasteiger partial charge >= 0.3 is 12.1 Å². The van der Waals surface area contributed by atoms with Crippen molar-refractivity contribution in [3.8, 4) is 0 Å². The Morgan fingerprint density at radius 2 is 2.00 bits per heavy atom. The SMILES string of the molecule is CCOC(=O)C(F)[C@@H](N)c1ccc(F)cc1C(F)(F)F. The average molecular weight is 297 g/mol. The lowest BCUT2D eigenvalue weighted by Crippen LogP contribution is -2.33. The van der Waals surface area contributed by atoms with Crippen molar-refractivity contribution in [2.45, 2.75) is 25.3 Å². The maximum absolute atomic E-state index is 13.7. The van der Waals surface area contributed by atoms with Gasteiger partial charge in [0.25, 0.3) is 0 Å². The number of halogens is 5. The molecule has 0 saturated heterocycles. The summed E-state index contributed by atoms with van der Waals surface area (Å²) in [5.41, 5.74) is 3.19. The fraction of sp³-hybridized carbons (Fsp3) is 0.417. The second kappa shape index (κ2) is 6.17. The smallest absolute Gasteiger partial charge is 0.416 e. The fourth-order valence-electron chi connectivity index (χ4n) is 1.59. The van der Waals surface area contributed by atoms with E-state index in [9.17, 15) is 26.7 Å². The highest BCUT2D eigenvalue weighted by molar-refractivity contribution is 5.75. The molecule has 8 heteroatoms. The van der Waals surface area contributed by atoms with E-state index in [0.29, 0.717) is 12.1 Å². The molecule has 0 saturated carbocycles. The first-order chi connectivity index (χ1) is 9.18. The monoisotopic (exact) mass is 297 g/mol. The first-order valence-electron chi connectivity index (χ1n) is 5.61. The Kier molecular flexibility index (Phi) is 5.04. The lowest BCUT2D eigenvalue weighted by atomic mass is 9.97. The first kappa shape index (κ1) is 16.4. The Morgan fingerprint density at radius 3 is 2.50 bits per heavy atom. The second-order valence-electron chi connectivity index (χ2n) is 3.91. The maximum Gasteiger partial charge on any atom is 0.416 e. The van der Waals surface area contributed by atoms with Gasteiger partial charge in [0, 0.05) is 0 Å². The molecule has 1 rings (SSSR count). The molecule has 20 heavy (non-hydrogen) atoms. The topological polar surface area (TPSA) is 52.3 Å². The molecule has 0 heterocycles. The molecular formula is C12H12F5NO2. The summed E-state index contributed by atoms with van der Waals surface area (Å²) >= 11 is 0. The molecule has 2 N–H and O–H groups in total. The molecule has 0 aliphatic heterocycles. The summed E-state index contributed by atoms with van der Waals surface area (Å²) in [6, 6.07) is -0.282. The van der Waals surface area contributed by atoms with Gasteiger partial charge in [-0.2, -0.15) is 13.2 Å². The number of carbonyl (C=O) groups excluding carboxylic acids is 1. The van der Waals surface area contributed by atoms with Gasteiger partial charge in [0.1, 0.15) is 5.82 Å². The molecule has 0 radical (unpaired) electrons. The zero-order valence-electron chi connectivity index (χ0n) is 10.4. The summed E-state index contributed by atoms with van der Waals surface area (Å²) in [6.07, 6.45) is -7.38. The summed E-state index contributed by atoms with van der Waals surface area (Å²) in [5, 5.41) is 0. The highest BCUT2D eigenvalue weighted by atomic mass is 19.4. The van der Waals surface area contributed by atoms with Crippen molar-refractivity contribution in [2.24, 2.45) is 5.73 Å². The highest BCUT2D eigenvalue weighted by Crippen LogP contribution is 2.35. The second-order valence-corrected chi connectivity index (χ2v) is 3.91. The molecule has 3 nitrogen and oxygen atoms in total. The van der Waals surface area contributed by atoms with Crippen LogP contribution in [-0.2, 0) is 15.7 Å². The Bertz CT molecular complexity index is 489. The summed E-state index contributed by atoms with van der Waals surface area (Å²) in [7, 11) is 0. The number of alkyl halides is 4. The molecule has 1 unspecified atom stereocenters. The Labute approximate surface area is 111 Å². The van der Waals surface area contributed by atoms with E-state index in [2.05, 4.69) is 4.74 Å². The summed E-state index contributed by atoms with van der Waals surface area (Å²) in [4.78, 5) is 11.2. The molecular weight excluding hydrogens is 285 g/mol. The number of esters is 1. The summed E-state index contributed by atoms with van der Waals surface area (Å²) < 4.78 is 69.1. The van der Waals surface area contributed by atoms with E-state index in [4.69, 9.17) is 5.73 Å². The first-order valence-corrected chi connectivity index (χ1v) is 5.61. The van der Waals surface area contributed by atoms with Crippen molar-refractivity contribution in [3.05, 3.63) is 35.1 Å². The zero-order chi connectivity index (χ0) is 15.5. The molecule has 0 aliphatic rings. The third kappa shape index (κ3) is 3.66. The van der Waals surface area contributed by atoms with Gasteiger partial charge < -0.3 is 10.5 Å². The molecule has 112 valence electrons. The summed E-state index contributed by atoms with van der Waals surface area (Å²) in [6.45, 7) is 1.27. The van der Waals surface area contributed by atoms with Crippen LogP contribution in [0.25, 0.3) is 0 Å². The van der Waals surface area contributed by atoms with Crippen molar-refractivity contribution in [1.29, 1.82) is 0 Å². The number of benzene rings is 1. The van der Waals surface area contributed by atoms with Crippen LogP contribution < -0.4 is 5.73 Å². The minimum Gasteiger partial charge on any atom is -0.464 e. The van der Waals surface area contributed by atoms with Crippen LogP contribution in [0, 0.1) is 5.82 Å². The zero-order valence-corrected chi connectivity index (χ0v) is 10.4. The molecule has 0 bridgehead atoms. The van der Waals surface area contributed by atoms with Crippen LogP contribution in [-0.4, -0.2) is 18.7 Å². The van der Waals surface area contributed by atoms with Crippen LogP contribution in [0.3, 0.4) is 0 Å². The molecule has 2 atom stereocenters. The number of hydrogen-bond donors (Lipinski definition) is 1. The molecule has 0 spiro atoms. The highest BCUT2D eigenvalue weighted by Gasteiger charge is 2.38. The normalized spacial score (nSPS) is 14.8. The lowest BCUT2D eigenvalue weighted by Gasteiger charge is -2.20. The Hall–Kier alpha value is -1.70. The standard InChI is InChI=1S/C12H12F5NO2/c1-2-20-11(19)9(14)10(18)7-4-3-6(13)5-8(7)12(15,16)17/h3-5,9-10H,2,18H2,1H3/t9?,10-/m0/s1. The Morgan fingerprint density at radius 1 is 1.40 bits per heavy atom. The van der Waals surface area contributed by atoms with Crippen LogP contribution in [0.15, 0.2) is 18.2 Å². The van der Waals surface area contributed by atoms with E-state index in [0.717, 1.165) is 0 Å². The van der Waals surface area contributed by atoms with Gasteiger partial charge in [-0.05, 0) is 24.6 Å². The van der Waals surface area contributed by atoms with Crippen LogP contribution in [0.1, 0.15) is 24.1 Å². The van der Waals surface area contributed by atoms with E-state index in [1.54, 1.807) is 0 Å². The molecule has 0 amide bonds. The van der Waals surface area contributed by atoms with Crippen LogP contribution >= 0.6 is 0 Å². The van der Waals surface area contributed by atoms with Gasteiger partial charge in [0.15, 0.2) is 0 Å². The molecule has 0 aliphatic carbocycles. The van der Waals surface area contributed by atoms with Crippen LogP contribution in [0.4, 0.5) is 22.0 Å².